The molecular weight excluding hydrogens is 228 g/mol. The van der Waals surface area contributed by atoms with Gasteiger partial charge in [0.2, 0.25) is 5.82 Å². The molecule has 0 aliphatic heterocycles. The van der Waals surface area contributed by atoms with E-state index in [4.69, 9.17) is 0 Å². The summed E-state index contributed by atoms with van der Waals surface area (Å²) in [6.45, 7) is 0. The fourth-order valence-corrected chi connectivity index (χ4v) is 1.17. The van der Waals surface area contributed by atoms with E-state index >= 15 is 0 Å². The molecule has 0 saturated heterocycles. The van der Waals surface area contributed by atoms with E-state index in [0.717, 1.165) is 12.1 Å². The minimum atomic E-state index is -4.61. The zero-order valence-electron chi connectivity index (χ0n) is 7.59. The van der Waals surface area contributed by atoms with Crippen LogP contribution in [0.2, 0.25) is 0 Å². The number of aromatic nitrogens is 4. The first-order chi connectivity index (χ1) is 7.47. The normalized spacial score (nSPS) is 11.8. The Balaban J connectivity index is 2.53. The van der Waals surface area contributed by atoms with Crippen LogP contribution in [0.1, 0.15) is 5.56 Å². The Bertz CT molecular complexity index is 491. The summed E-state index contributed by atoms with van der Waals surface area (Å²) >= 11 is 0. The number of aromatic amines is 1. The van der Waals surface area contributed by atoms with Gasteiger partial charge in [0.25, 0.3) is 0 Å². The van der Waals surface area contributed by atoms with Crippen molar-refractivity contribution in [1.29, 1.82) is 0 Å². The van der Waals surface area contributed by atoms with Crippen molar-refractivity contribution in [3.63, 3.8) is 0 Å². The molecule has 0 fully saturated rings. The molecule has 0 bridgehead atoms. The Morgan fingerprint density at radius 3 is 2.44 bits per heavy atom. The number of benzene rings is 1. The van der Waals surface area contributed by atoms with E-state index in [0.29, 0.717) is 6.07 Å². The van der Waals surface area contributed by atoms with Crippen LogP contribution in [0.4, 0.5) is 17.6 Å². The molecule has 0 radical (unpaired) electrons. The van der Waals surface area contributed by atoms with Gasteiger partial charge in [0.1, 0.15) is 5.82 Å². The van der Waals surface area contributed by atoms with E-state index < -0.39 is 17.6 Å². The molecule has 0 unspecified atom stereocenters. The van der Waals surface area contributed by atoms with Crippen LogP contribution in [0.25, 0.3) is 11.4 Å². The minimum absolute atomic E-state index is 0.0823. The van der Waals surface area contributed by atoms with Crippen LogP contribution in [-0.4, -0.2) is 20.6 Å². The maximum Gasteiger partial charge on any atom is 0.416 e. The highest BCUT2D eigenvalue weighted by Crippen LogP contribution is 2.32. The highest BCUT2D eigenvalue weighted by Gasteiger charge is 2.31. The summed E-state index contributed by atoms with van der Waals surface area (Å²) in [6, 6.07) is 2.07. The largest absolute Gasteiger partial charge is 0.416 e. The molecule has 0 spiro atoms. The van der Waals surface area contributed by atoms with Crippen molar-refractivity contribution in [2.45, 2.75) is 6.18 Å². The van der Waals surface area contributed by atoms with Gasteiger partial charge >= 0.3 is 6.18 Å². The summed E-state index contributed by atoms with van der Waals surface area (Å²) < 4.78 is 50.0. The van der Waals surface area contributed by atoms with E-state index in [-0.39, 0.29) is 11.4 Å². The van der Waals surface area contributed by atoms with Crippen LogP contribution in [0.3, 0.4) is 0 Å². The van der Waals surface area contributed by atoms with Crippen molar-refractivity contribution < 1.29 is 17.6 Å². The van der Waals surface area contributed by atoms with Gasteiger partial charge in [0, 0.05) is 5.56 Å². The first-order valence-electron chi connectivity index (χ1n) is 4.08. The van der Waals surface area contributed by atoms with Gasteiger partial charge in [-0.15, -0.1) is 10.2 Å². The lowest BCUT2D eigenvalue weighted by molar-refractivity contribution is -0.137. The second kappa shape index (κ2) is 3.54. The molecule has 0 atom stereocenters. The number of alkyl halides is 3. The van der Waals surface area contributed by atoms with Crippen molar-refractivity contribution in [2.24, 2.45) is 0 Å². The Hall–Kier alpha value is -1.99. The van der Waals surface area contributed by atoms with Gasteiger partial charge in [-0.25, -0.2) is 4.39 Å². The van der Waals surface area contributed by atoms with Crippen LogP contribution in [0.5, 0.6) is 0 Å². The van der Waals surface area contributed by atoms with E-state index in [9.17, 15) is 17.6 Å². The standard InChI is InChI=1S/C8H4F4N4/c9-6-2-4(7-13-15-16-14-7)1-5(3-6)8(10,11)12/h1-3H,(H,13,14,15,16). The van der Waals surface area contributed by atoms with Crippen molar-refractivity contribution in [3.8, 4) is 11.4 Å². The van der Waals surface area contributed by atoms with Crippen molar-refractivity contribution in [1.82, 2.24) is 20.6 Å². The van der Waals surface area contributed by atoms with Gasteiger partial charge in [-0.3, -0.25) is 0 Å². The summed E-state index contributed by atoms with van der Waals surface area (Å²) in [5.74, 6) is -1.10. The highest BCUT2D eigenvalue weighted by molar-refractivity contribution is 5.55. The van der Waals surface area contributed by atoms with E-state index in [2.05, 4.69) is 20.6 Å². The summed E-state index contributed by atoms with van der Waals surface area (Å²) in [5, 5.41) is 12.2. The average molecular weight is 232 g/mol. The molecule has 84 valence electrons. The number of rotatable bonds is 1. The fraction of sp³-hybridized carbons (Fsp3) is 0.125. The number of nitrogens with zero attached hydrogens (tertiary/aromatic N) is 3. The van der Waals surface area contributed by atoms with E-state index in [1.165, 1.54) is 0 Å². The van der Waals surface area contributed by atoms with Crippen LogP contribution in [-0.2, 0) is 6.18 Å². The Morgan fingerprint density at radius 1 is 1.12 bits per heavy atom. The van der Waals surface area contributed by atoms with Crippen LogP contribution < -0.4 is 0 Å². The molecule has 2 aromatic rings. The van der Waals surface area contributed by atoms with Crippen LogP contribution in [0, 0.1) is 5.82 Å². The lowest BCUT2D eigenvalue weighted by Gasteiger charge is -2.07. The number of tetrazole rings is 1. The second-order valence-corrected chi connectivity index (χ2v) is 2.96. The molecule has 2 rings (SSSR count). The number of hydrogen-bond acceptors (Lipinski definition) is 3. The lowest BCUT2D eigenvalue weighted by Crippen LogP contribution is -2.05. The van der Waals surface area contributed by atoms with Crippen molar-refractivity contribution in [3.05, 3.63) is 29.6 Å². The zero-order chi connectivity index (χ0) is 11.8. The SMILES string of the molecule is Fc1cc(-c2nn[nH]n2)cc(C(F)(F)F)c1. The van der Waals surface area contributed by atoms with Gasteiger partial charge < -0.3 is 0 Å². The lowest BCUT2D eigenvalue weighted by atomic mass is 10.1. The first kappa shape index (κ1) is 10.5. The molecule has 16 heavy (non-hydrogen) atoms. The molecular formula is C8H4F4N4. The van der Waals surface area contributed by atoms with E-state index in [1.807, 2.05) is 0 Å². The molecule has 1 N–H and O–H groups in total. The third-order valence-electron chi connectivity index (χ3n) is 1.83. The maximum absolute atomic E-state index is 13.0. The molecule has 0 aliphatic carbocycles. The monoisotopic (exact) mass is 232 g/mol. The Kier molecular flexibility index (Phi) is 2.33. The second-order valence-electron chi connectivity index (χ2n) is 2.96. The number of halogens is 4. The third kappa shape index (κ3) is 2.00. The summed E-state index contributed by atoms with van der Waals surface area (Å²) in [4.78, 5) is 0. The smallest absolute Gasteiger partial charge is 0.207 e. The molecule has 0 aliphatic rings. The summed E-state index contributed by atoms with van der Waals surface area (Å²) in [6.07, 6.45) is -4.61. The minimum Gasteiger partial charge on any atom is -0.207 e. The zero-order valence-corrected chi connectivity index (χ0v) is 7.59. The molecule has 1 aromatic carbocycles. The predicted molar refractivity (Wildman–Crippen MR) is 44.6 cm³/mol. The van der Waals surface area contributed by atoms with Gasteiger partial charge in [0.15, 0.2) is 0 Å². The molecule has 0 amide bonds. The quantitative estimate of drug-likeness (QED) is 0.765. The molecule has 1 heterocycles. The molecule has 8 heteroatoms. The van der Waals surface area contributed by atoms with Crippen LogP contribution in [0.15, 0.2) is 18.2 Å². The summed E-state index contributed by atoms with van der Waals surface area (Å²) in [5.41, 5.74) is -1.17. The average Bonchev–Trinajstić information content (AvgIpc) is 2.68. The molecule has 0 saturated carbocycles. The number of H-pyrrole nitrogens is 1. The van der Waals surface area contributed by atoms with Gasteiger partial charge in [-0.05, 0) is 23.4 Å². The third-order valence-corrected chi connectivity index (χ3v) is 1.83. The molecule has 4 nitrogen and oxygen atoms in total. The van der Waals surface area contributed by atoms with Gasteiger partial charge in [0.05, 0.1) is 5.56 Å². The topological polar surface area (TPSA) is 54.5 Å². The van der Waals surface area contributed by atoms with Gasteiger partial charge in [-0.2, -0.15) is 18.4 Å². The first-order valence-corrected chi connectivity index (χ1v) is 4.08. The number of hydrogen-bond donors (Lipinski definition) is 1. The summed E-state index contributed by atoms with van der Waals surface area (Å²) in [7, 11) is 0. The Morgan fingerprint density at radius 2 is 1.88 bits per heavy atom. The predicted octanol–water partition coefficient (Wildman–Crippen LogP) is 2.02. The van der Waals surface area contributed by atoms with Crippen LogP contribution >= 0.6 is 0 Å². The molecule has 1 aromatic heterocycles. The fourth-order valence-electron chi connectivity index (χ4n) is 1.17. The Labute approximate surface area is 86.3 Å². The van der Waals surface area contributed by atoms with Gasteiger partial charge in [-0.1, -0.05) is 0 Å². The van der Waals surface area contributed by atoms with Crippen molar-refractivity contribution >= 4 is 0 Å². The van der Waals surface area contributed by atoms with Crippen molar-refractivity contribution in [2.75, 3.05) is 0 Å². The van der Waals surface area contributed by atoms with E-state index in [1.54, 1.807) is 0 Å². The highest BCUT2D eigenvalue weighted by atomic mass is 19.4. The number of nitrogens with one attached hydrogen (secondary N) is 1. The maximum atomic E-state index is 13.0.